The Kier molecular flexibility index (Phi) is 7.72. The Hall–Kier alpha value is -3.97. The summed E-state index contributed by atoms with van der Waals surface area (Å²) in [5.74, 6) is -1.34. The third-order valence-corrected chi connectivity index (χ3v) is 4.91. The van der Waals surface area contributed by atoms with Crippen LogP contribution in [0.1, 0.15) is 16.8 Å². The van der Waals surface area contributed by atoms with E-state index in [1.54, 1.807) is 30.3 Å². The van der Waals surface area contributed by atoms with Crippen molar-refractivity contribution in [2.24, 2.45) is 0 Å². The fourth-order valence-corrected chi connectivity index (χ4v) is 3.33. The molecule has 3 rings (SSSR count). The summed E-state index contributed by atoms with van der Waals surface area (Å²) in [6.07, 6.45) is 0.112. The number of morpholine rings is 1. The van der Waals surface area contributed by atoms with Crippen molar-refractivity contribution >= 4 is 28.9 Å². The number of non-ortho nitro benzene ring substituents is 1. The third kappa shape index (κ3) is 5.59. The number of nitro groups is 1. The van der Waals surface area contributed by atoms with E-state index in [1.807, 2.05) is 11.0 Å². The maximum atomic E-state index is 12.8. The molecular weight excluding hydrogens is 416 g/mol. The van der Waals surface area contributed by atoms with Crippen molar-refractivity contribution in [2.75, 3.05) is 49.3 Å². The quantitative estimate of drug-likeness (QED) is 0.350. The molecule has 0 aromatic heterocycles. The second kappa shape index (κ2) is 10.9. The monoisotopic (exact) mass is 438 g/mol. The number of nitro benzene ring substituents is 1. The summed E-state index contributed by atoms with van der Waals surface area (Å²) in [7, 11) is 0. The second-order valence-corrected chi connectivity index (χ2v) is 6.92. The van der Waals surface area contributed by atoms with Gasteiger partial charge in [0.15, 0.2) is 6.61 Å². The Morgan fingerprint density at radius 1 is 1.19 bits per heavy atom. The highest BCUT2D eigenvalue weighted by atomic mass is 16.6. The number of ether oxygens (including phenoxy) is 2. The summed E-state index contributed by atoms with van der Waals surface area (Å²) in [5, 5.41) is 20.1. The second-order valence-electron chi connectivity index (χ2n) is 6.92. The average Bonchev–Trinajstić information content (AvgIpc) is 2.83. The molecule has 0 saturated carbocycles. The van der Waals surface area contributed by atoms with Crippen molar-refractivity contribution in [1.82, 2.24) is 0 Å². The Morgan fingerprint density at radius 2 is 1.91 bits per heavy atom. The van der Waals surface area contributed by atoms with Crippen molar-refractivity contribution in [1.29, 1.82) is 5.26 Å². The van der Waals surface area contributed by atoms with Gasteiger partial charge in [-0.2, -0.15) is 5.26 Å². The molecule has 2 aromatic rings. The van der Waals surface area contributed by atoms with E-state index in [2.05, 4.69) is 0 Å². The Labute approximate surface area is 184 Å². The molecule has 1 heterocycles. The number of hydrogen-bond acceptors (Lipinski definition) is 8. The van der Waals surface area contributed by atoms with Crippen LogP contribution in [0.4, 0.5) is 17.1 Å². The number of rotatable bonds is 8. The summed E-state index contributed by atoms with van der Waals surface area (Å²) in [6, 6.07) is 14.7. The molecule has 0 atom stereocenters. The molecule has 1 amide bonds. The molecule has 2 aromatic carbocycles. The molecule has 1 saturated heterocycles. The smallest absolute Gasteiger partial charge is 0.341 e. The van der Waals surface area contributed by atoms with Gasteiger partial charge in [0.25, 0.3) is 11.6 Å². The SMILES string of the molecule is N#CCCN(C(=O)COC(=O)c1cc([N+](=O)[O-])ccc1N1CCOCC1)c1ccccc1. The lowest BCUT2D eigenvalue weighted by Gasteiger charge is -2.30. The number of esters is 1. The molecule has 0 unspecified atom stereocenters. The minimum atomic E-state index is -0.836. The maximum Gasteiger partial charge on any atom is 0.341 e. The minimum Gasteiger partial charge on any atom is -0.452 e. The first kappa shape index (κ1) is 22.7. The fourth-order valence-electron chi connectivity index (χ4n) is 3.33. The van der Waals surface area contributed by atoms with Crippen molar-refractivity contribution in [3.8, 4) is 6.07 Å². The van der Waals surface area contributed by atoms with Crippen molar-refractivity contribution in [3.63, 3.8) is 0 Å². The summed E-state index contributed by atoms with van der Waals surface area (Å²) >= 11 is 0. The van der Waals surface area contributed by atoms with Crippen LogP contribution in [0.3, 0.4) is 0 Å². The van der Waals surface area contributed by atoms with Gasteiger partial charge in [-0.15, -0.1) is 0 Å². The molecule has 0 bridgehead atoms. The predicted molar refractivity (Wildman–Crippen MR) is 115 cm³/mol. The number of carbonyl (C=O) groups excluding carboxylic acids is 2. The van der Waals surface area contributed by atoms with Crippen LogP contribution in [0.25, 0.3) is 0 Å². The largest absolute Gasteiger partial charge is 0.452 e. The molecule has 10 heteroatoms. The number of anilines is 2. The molecule has 1 aliphatic rings. The van der Waals surface area contributed by atoms with Crippen LogP contribution in [0.15, 0.2) is 48.5 Å². The topological polar surface area (TPSA) is 126 Å². The van der Waals surface area contributed by atoms with E-state index in [0.29, 0.717) is 37.7 Å². The van der Waals surface area contributed by atoms with Gasteiger partial charge in [-0.25, -0.2) is 4.79 Å². The highest BCUT2D eigenvalue weighted by Crippen LogP contribution is 2.27. The number of hydrogen-bond donors (Lipinski definition) is 0. The summed E-state index contributed by atoms with van der Waals surface area (Å²) < 4.78 is 10.6. The zero-order chi connectivity index (χ0) is 22.9. The van der Waals surface area contributed by atoms with Crippen molar-refractivity contribution in [3.05, 3.63) is 64.2 Å². The van der Waals surface area contributed by atoms with Gasteiger partial charge in [0.2, 0.25) is 0 Å². The summed E-state index contributed by atoms with van der Waals surface area (Å²) in [6.45, 7) is 1.56. The molecule has 32 heavy (non-hydrogen) atoms. The third-order valence-electron chi connectivity index (χ3n) is 4.91. The Bertz CT molecular complexity index is 1010. The number of amides is 1. The summed E-state index contributed by atoms with van der Waals surface area (Å²) in [4.78, 5) is 39.5. The number of carbonyl (C=O) groups is 2. The highest BCUT2D eigenvalue weighted by Gasteiger charge is 2.24. The van der Waals surface area contributed by atoms with Crippen LogP contribution in [0.5, 0.6) is 0 Å². The number of nitriles is 1. The van der Waals surface area contributed by atoms with E-state index in [-0.39, 0.29) is 24.2 Å². The van der Waals surface area contributed by atoms with E-state index >= 15 is 0 Å². The van der Waals surface area contributed by atoms with Gasteiger partial charge in [-0.05, 0) is 18.2 Å². The fraction of sp³-hybridized carbons (Fsp3) is 0.318. The molecule has 0 aliphatic carbocycles. The van der Waals surface area contributed by atoms with Crippen LogP contribution in [-0.4, -0.2) is 56.3 Å². The van der Waals surface area contributed by atoms with E-state index < -0.39 is 23.4 Å². The number of para-hydroxylation sites is 1. The maximum absolute atomic E-state index is 12.8. The lowest BCUT2D eigenvalue weighted by molar-refractivity contribution is -0.384. The average molecular weight is 438 g/mol. The Balaban J connectivity index is 1.78. The molecule has 166 valence electrons. The molecule has 0 spiro atoms. The first-order chi connectivity index (χ1) is 15.5. The van der Waals surface area contributed by atoms with Gasteiger partial charge in [0, 0.05) is 37.5 Å². The predicted octanol–water partition coefficient (Wildman–Crippen LogP) is 2.54. The molecule has 1 fully saturated rings. The van der Waals surface area contributed by atoms with Crippen LogP contribution < -0.4 is 9.80 Å². The van der Waals surface area contributed by atoms with Gasteiger partial charge in [0.1, 0.15) is 0 Å². The highest BCUT2D eigenvalue weighted by molar-refractivity contribution is 6.00. The molecule has 0 radical (unpaired) electrons. The lowest BCUT2D eigenvalue weighted by atomic mass is 10.1. The Morgan fingerprint density at radius 3 is 2.56 bits per heavy atom. The van der Waals surface area contributed by atoms with E-state index in [1.165, 1.54) is 17.0 Å². The van der Waals surface area contributed by atoms with Crippen LogP contribution in [-0.2, 0) is 14.3 Å². The minimum absolute atomic E-state index is 0.0113. The van der Waals surface area contributed by atoms with Gasteiger partial charge in [-0.3, -0.25) is 14.9 Å². The summed E-state index contributed by atoms with van der Waals surface area (Å²) in [5.41, 5.74) is 0.825. The van der Waals surface area contributed by atoms with E-state index in [9.17, 15) is 19.7 Å². The number of benzene rings is 2. The first-order valence-electron chi connectivity index (χ1n) is 10.0. The number of nitrogens with zero attached hydrogens (tertiary/aromatic N) is 4. The van der Waals surface area contributed by atoms with Gasteiger partial charge >= 0.3 is 5.97 Å². The molecule has 1 aliphatic heterocycles. The first-order valence-corrected chi connectivity index (χ1v) is 10.0. The van der Waals surface area contributed by atoms with Gasteiger partial charge < -0.3 is 19.3 Å². The molecule has 10 nitrogen and oxygen atoms in total. The standard InChI is InChI=1S/C22H22N4O6/c23-9-4-10-25(17-5-2-1-3-6-17)21(27)16-32-22(28)19-15-18(26(29)30)7-8-20(19)24-11-13-31-14-12-24/h1-3,5-8,15H,4,10-14,16H2. The van der Waals surface area contributed by atoms with Crippen molar-refractivity contribution in [2.45, 2.75) is 6.42 Å². The van der Waals surface area contributed by atoms with E-state index in [4.69, 9.17) is 14.7 Å². The van der Waals surface area contributed by atoms with E-state index in [0.717, 1.165) is 6.07 Å². The van der Waals surface area contributed by atoms with Gasteiger partial charge in [-0.1, -0.05) is 18.2 Å². The molecule has 0 N–H and O–H groups in total. The van der Waals surface area contributed by atoms with Crippen LogP contribution in [0.2, 0.25) is 0 Å². The van der Waals surface area contributed by atoms with Crippen LogP contribution >= 0.6 is 0 Å². The molecular formula is C22H22N4O6. The zero-order valence-electron chi connectivity index (χ0n) is 17.3. The normalized spacial score (nSPS) is 13.2. The zero-order valence-corrected chi connectivity index (χ0v) is 17.3. The lowest BCUT2D eigenvalue weighted by Crippen LogP contribution is -2.37. The van der Waals surface area contributed by atoms with Crippen molar-refractivity contribution < 1.29 is 24.0 Å². The van der Waals surface area contributed by atoms with Crippen LogP contribution in [0, 0.1) is 21.4 Å². The van der Waals surface area contributed by atoms with Gasteiger partial charge in [0.05, 0.1) is 41.9 Å².